The van der Waals surface area contributed by atoms with Crippen molar-refractivity contribution in [2.24, 2.45) is 10.9 Å². The molecule has 2 aliphatic rings. The van der Waals surface area contributed by atoms with E-state index >= 15 is 0 Å². The topological polar surface area (TPSA) is 130 Å². The van der Waals surface area contributed by atoms with Gasteiger partial charge in [-0.3, -0.25) is 9.59 Å². The number of nitrogens with one attached hydrogen (secondary N) is 1. The summed E-state index contributed by atoms with van der Waals surface area (Å²) in [6.07, 6.45) is -0.468. The maximum atomic E-state index is 13.8. The van der Waals surface area contributed by atoms with Crippen LogP contribution in [0.2, 0.25) is 0 Å². The molecule has 0 radical (unpaired) electrons. The molecule has 200 valence electrons. The Labute approximate surface area is 224 Å². The molecule has 0 spiro atoms. The molecule has 2 unspecified atom stereocenters. The number of aliphatic imine (C=N–C) groups is 1. The Morgan fingerprint density at radius 1 is 1.32 bits per heavy atom. The molecular weight excluding hydrogens is 506 g/mol. The van der Waals surface area contributed by atoms with Crippen molar-refractivity contribution in [1.82, 2.24) is 20.4 Å². The summed E-state index contributed by atoms with van der Waals surface area (Å²) in [6.45, 7) is 7.72. The first kappa shape index (κ1) is 26.1. The normalized spacial score (nSPS) is 24.0. The van der Waals surface area contributed by atoms with Crippen LogP contribution in [0.3, 0.4) is 0 Å². The van der Waals surface area contributed by atoms with Gasteiger partial charge in [0.05, 0.1) is 35.3 Å². The van der Waals surface area contributed by atoms with E-state index in [4.69, 9.17) is 9.26 Å². The number of carbonyl (C=O) groups is 2. The zero-order valence-corrected chi connectivity index (χ0v) is 22.8. The molecule has 11 heteroatoms. The summed E-state index contributed by atoms with van der Waals surface area (Å²) in [5, 5.41) is 17.7. The second kappa shape index (κ2) is 9.95. The molecule has 38 heavy (non-hydrogen) atoms. The van der Waals surface area contributed by atoms with Gasteiger partial charge in [0.2, 0.25) is 5.91 Å². The number of β-amino-alcohol motifs (C(OH)–C–C–N with tert-alkyl or cyclic N) is 1. The molecule has 5 rings (SSSR count). The zero-order valence-electron chi connectivity index (χ0n) is 22.0. The van der Waals surface area contributed by atoms with Crippen molar-refractivity contribution < 1.29 is 24.0 Å². The van der Waals surface area contributed by atoms with Crippen LogP contribution in [0.1, 0.15) is 50.1 Å². The highest BCUT2D eigenvalue weighted by atomic mass is 32.1. The number of rotatable bonds is 7. The summed E-state index contributed by atoms with van der Waals surface area (Å²) < 4.78 is 10.5. The van der Waals surface area contributed by atoms with Crippen molar-refractivity contribution in [1.29, 1.82) is 0 Å². The molecule has 0 bridgehead atoms. The smallest absolute Gasteiger partial charge is 0.277 e. The van der Waals surface area contributed by atoms with E-state index in [1.54, 1.807) is 29.2 Å². The Kier molecular flexibility index (Phi) is 6.83. The number of ether oxygens (including phenoxy) is 1. The Hall–Kier alpha value is -3.57. The average molecular weight is 538 g/mol. The maximum absolute atomic E-state index is 13.8. The first-order valence-corrected chi connectivity index (χ1v) is 13.4. The third-order valence-corrected chi connectivity index (χ3v) is 8.31. The second-order valence-corrected chi connectivity index (χ2v) is 11.1. The van der Waals surface area contributed by atoms with Gasteiger partial charge in [0.15, 0.2) is 5.76 Å². The number of hydrogen-bond donors (Lipinski definition) is 2. The van der Waals surface area contributed by atoms with Crippen molar-refractivity contribution in [3.05, 3.63) is 52.9 Å². The molecule has 1 aromatic carbocycles. The highest BCUT2D eigenvalue weighted by Gasteiger charge is 2.48. The van der Waals surface area contributed by atoms with Gasteiger partial charge in [-0.25, -0.2) is 4.98 Å². The molecule has 0 aliphatic carbocycles. The number of likely N-dealkylation sites (tertiary alicyclic amines) is 1. The molecule has 4 atom stereocenters. The van der Waals surface area contributed by atoms with Gasteiger partial charge in [0.1, 0.15) is 17.3 Å². The largest absolute Gasteiger partial charge is 0.479 e. The third kappa shape index (κ3) is 4.49. The summed E-state index contributed by atoms with van der Waals surface area (Å²) in [7, 11) is 1.48. The van der Waals surface area contributed by atoms with Gasteiger partial charge >= 0.3 is 0 Å². The molecule has 1 saturated heterocycles. The molecule has 0 saturated carbocycles. The first-order chi connectivity index (χ1) is 18.1. The van der Waals surface area contributed by atoms with Gasteiger partial charge < -0.3 is 24.6 Å². The number of amidine groups is 1. The van der Waals surface area contributed by atoms with Crippen LogP contribution in [-0.2, 0) is 15.1 Å². The van der Waals surface area contributed by atoms with E-state index in [1.807, 2.05) is 50.5 Å². The molecule has 2 aromatic heterocycles. The van der Waals surface area contributed by atoms with Crippen LogP contribution in [0.15, 0.2) is 45.4 Å². The molecule has 1 fully saturated rings. The Balaban J connectivity index is 1.39. The second-order valence-electron chi connectivity index (χ2n) is 10.3. The van der Waals surface area contributed by atoms with E-state index < -0.39 is 23.6 Å². The minimum absolute atomic E-state index is 0.107. The van der Waals surface area contributed by atoms with Crippen LogP contribution in [0.4, 0.5) is 0 Å². The number of nitrogens with zero attached hydrogens (tertiary/aromatic N) is 4. The fourth-order valence-corrected chi connectivity index (χ4v) is 6.00. The quantitative estimate of drug-likeness (QED) is 0.470. The van der Waals surface area contributed by atoms with Crippen LogP contribution in [0.25, 0.3) is 10.4 Å². The first-order valence-electron chi connectivity index (χ1n) is 12.5. The predicted octanol–water partition coefficient (Wildman–Crippen LogP) is 3.26. The van der Waals surface area contributed by atoms with Gasteiger partial charge in [-0.05, 0) is 36.0 Å². The fourth-order valence-electron chi connectivity index (χ4n) is 5.19. The molecule has 2 amide bonds. The average Bonchev–Trinajstić information content (AvgIpc) is 3.67. The van der Waals surface area contributed by atoms with E-state index in [9.17, 15) is 14.7 Å². The van der Waals surface area contributed by atoms with Crippen molar-refractivity contribution in [2.45, 2.75) is 57.7 Å². The zero-order chi connectivity index (χ0) is 27.2. The fraction of sp³-hybridized carbons (Fsp3) is 0.444. The predicted molar refractivity (Wildman–Crippen MR) is 142 cm³/mol. The number of carbonyl (C=O) groups excluding carboxylic acids is 2. The van der Waals surface area contributed by atoms with Gasteiger partial charge in [0.25, 0.3) is 11.8 Å². The number of aryl methyl sites for hydroxylation is 1. The molecule has 2 aliphatic heterocycles. The number of benzene rings is 1. The molecular formula is C27H31N5O5S. The van der Waals surface area contributed by atoms with E-state index in [1.165, 1.54) is 7.11 Å². The minimum atomic E-state index is -1.09. The summed E-state index contributed by atoms with van der Waals surface area (Å²) in [5.74, 6) is -0.256. The highest BCUT2D eigenvalue weighted by molar-refractivity contribution is 7.13. The number of aliphatic hydroxyl groups excluding tert-OH is 1. The standard InChI is InChI=1S/C27H31N5O5S/c1-14(2)22(20-11-21(36-5)31-37-20)25(34)32-12-18(33)10-19(32)24-29-26(35)27(4,30-24)17-8-6-16(7-9-17)23-15(3)28-13-38-23/h6-9,11,13-14,18-19,22,33H,10,12H2,1-5H3,(H,29,30,35)/t18-,19-,22?,27?/m1/s1. The van der Waals surface area contributed by atoms with E-state index in [-0.39, 0.29) is 36.6 Å². The van der Waals surface area contributed by atoms with Crippen LogP contribution in [-0.4, -0.2) is 63.6 Å². The van der Waals surface area contributed by atoms with Crippen LogP contribution >= 0.6 is 11.3 Å². The number of hydrogen-bond acceptors (Lipinski definition) is 9. The van der Waals surface area contributed by atoms with Gasteiger partial charge in [0, 0.05) is 19.0 Å². The lowest BCUT2D eigenvalue weighted by atomic mass is 9.90. The van der Waals surface area contributed by atoms with Crippen LogP contribution in [0, 0.1) is 12.8 Å². The summed E-state index contributed by atoms with van der Waals surface area (Å²) in [6, 6.07) is 8.80. The van der Waals surface area contributed by atoms with Crippen LogP contribution in [0.5, 0.6) is 5.88 Å². The van der Waals surface area contributed by atoms with E-state index in [0.29, 0.717) is 11.6 Å². The van der Waals surface area contributed by atoms with Crippen molar-refractivity contribution >= 4 is 29.0 Å². The Morgan fingerprint density at radius 2 is 2.05 bits per heavy atom. The Bertz CT molecular complexity index is 1380. The monoisotopic (exact) mass is 537 g/mol. The molecule has 2 N–H and O–H groups in total. The number of amides is 2. The minimum Gasteiger partial charge on any atom is -0.479 e. The van der Waals surface area contributed by atoms with E-state index in [0.717, 1.165) is 21.7 Å². The summed E-state index contributed by atoms with van der Waals surface area (Å²) >= 11 is 1.57. The number of aliphatic hydroxyl groups is 1. The Morgan fingerprint density at radius 3 is 2.66 bits per heavy atom. The third-order valence-electron chi connectivity index (χ3n) is 7.33. The number of methoxy groups -OCH3 is 1. The van der Waals surface area contributed by atoms with Crippen molar-refractivity contribution in [2.75, 3.05) is 13.7 Å². The number of thiazole rings is 1. The molecule has 4 heterocycles. The molecule has 10 nitrogen and oxygen atoms in total. The number of aromatic nitrogens is 2. The summed E-state index contributed by atoms with van der Waals surface area (Å²) in [4.78, 5) is 38.4. The lowest BCUT2D eigenvalue weighted by molar-refractivity contribution is -0.134. The SMILES string of the molecule is COc1cc(C(C(=O)N2C[C@H](O)C[C@@H]2C2=NC(=O)C(C)(c3ccc(-c4scnc4C)cc3)N2)C(C)C)on1. The van der Waals surface area contributed by atoms with Gasteiger partial charge in [-0.1, -0.05) is 38.1 Å². The lowest BCUT2D eigenvalue weighted by Crippen LogP contribution is -2.51. The summed E-state index contributed by atoms with van der Waals surface area (Å²) in [5.41, 5.74) is 3.48. The van der Waals surface area contributed by atoms with Crippen LogP contribution < -0.4 is 10.1 Å². The van der Waals surface area contributed by atoms with Crippen molar-refractivity contribution in [3.8, 4) is 16.3 Å². The van der Waals surface area contributed by atoms with Crippen molar-refractivity contribution in [3.63, 3.8) is 0 Å². The molecule has 3 aromatic rings. The van der Waals surface area contributed by atoms with Gasteiger partial charge in [-0.15, -0.1) is 11.3 Å². The van der Waals surface area contributed by atoms with E-state index in [2.05, 4.69) is 20.4 Å². The lowest BCUT2D eigenvalue weighted by Gasteiger charge is -2.31. The maximum Gasteiger partial charge on any atom is 0.277 e. The highest BCUT2D eigenvalue weighted by Crippen LogP contribution is 2.35. The van der Waals surface area contributed by atoms with Gasteiger partial charge in [-0.2, -0.15) is 4.99 Å².